The zero-order valence-corrected chi connectivity index (χ0v) is 17.7. The summed E-state index contributed by atoms with van der Waals surface area (Å²) < 4.78 is 0. The largest absolute Gasteiger partial charge is 0.398 e. The van der Waals surface area contributed by atoms with E-state index >= 15 is 0 Å². The standard InChI is InChI=1S/C20H26N4O2S.ClH/c1-2-23(13-19(25)22-12-15-6-5-11-27-15)20(26)14-24-10-4-7-16-17(21)8-3-9-18(16)24;/h3,5-6,8-9,11H,2,4,7,10,12-14,21H2,1H3,(H,22,25);1H. The van der Waals surface area contributed by atoms with Gasteiger partial charge in [0.15, 0.2) is 0 Å². The molecule has 0 saturated carbocycles. The number of amides is 2. The molecule has 0 spiro atoms. The Morgan fingerprint density at radius 3 is 2.82 bits per heavy atom. The van der Waals surface area contributed by atoms with Crippen molar-refractivity contribution in [1.29, 1.82) is 0 Å². The van der Waals surface area contributed by atoms with Crippen molar-refractivity contribution in [2.75, 3.05) is 36.8 Å². The Kier molecular flexibility index (Phi) is 8.14. The summed E-state index contributed by atoms with van der Waals surface area (Å²) in [6, 6.07) is 9.78. The van der Waals surface area contributed by atoms with E-state index < -0.39 is 0 Å². The van der Waals surface area contributed by atoms with Crippen LogP contribution in [-0.2, 0) is 22.6 Å². The van der Waals surface area contributed by atoms with Crippen molar-refractivity contribution in [3.63, 3.8) is 0 Å². The van der Waals surface area contributed by atoms with Crippen molar-refractivity contribution in [3.05, 3.63) is 46.2 Å². The fourth-order valence-corrected chi connectivity index (χ4v) is 4.00. The van der Waals surface area contributed by atoms with Crippen LogP contribution in [0.15, 0.2) is 35.7 Å². The number of carbonyl (C=O) groups is 2. The molecule has 152 valence electrons. The van der Waals surface area contributed by atoms with Crippen molar-refractivity contribution in [1.82, 2.24) is 10.2 Å². The first-order valence-electron chi connectivity index (χ1n) is 9.27. The molecule has 1 aromatic carbocycles. The molecule has 1 aromatic heterocycles. The zero-order valence-electron chi connectivity index (χ0n) is 16.0. The summed E-state index contributed by atoms with van der Waals surface area (Å²) in [6.45, 7) is 4.07. The Morgan fingerprint density at radius 2 is 2.11 bits per heavy atom. The molecular weight excluding hydrogens is 396 g/mol. The van der Waals surface area contributed by atoms with Gasteiger partial charge in [0.2, 0.25) is 11.8 Å². The summed E-state index contributed by atoms with van der Waals surface area (Å²) in [4.78, 5) is 29.8. The topological polar surface area (TPSA) is 78.7 Å². The number of carbonyl (C=O) groups excluding carboxylic acids is 2. The SMILES string of the molecule is CCN(CC(=O)NCc1cccs1)C(=O)CN1CCCc2c(N)cccc21.Cl. The van der Waals surface area contributed by atoms with Crippen LogP contribution in [0.1, 0.15) is 23.8 Å². The second-order valence-electron chi connectivity index (χ2n) is 6.63. The van der Waals surface area contributed by atoms with Gasteiger partial charge >= 0.3 is 0 Å². The van der Waals surface area contributed by atoms with E-state index in [-0.39, 0.29) is 37.3 Å². The van der Waals surface area contributed by atoms with Crippen LogP contribution in [0.25, 0.3) is 0 Å². The van der Waals surface area contributed by atoms with Gasteiger partial charge in [-0.3, -0.25) is 9.59 Å². The first-order chi connectivity index (χ1) is 13.1. The number of nitrogens with zero attached hydrogens (tertiary/aromatic N) is 2. The average molecular weight is 423 g/mol. The Bertz CT molecular complexity index is 798. The third kappa shape index (κ3) is 5.39. The highest BCUT2D eigenvalue weighted by atomic mass is 35.5. The summed E-state index contributed by atoms with van der Waals surface area (Å²) in [5, 5.41) is 4.86. The van der Waals surface area contributed by atoms with Gasteiger partial charge in [-0.25, -0.2) is 0 Å². The summed E-state index contributed by atoms with van der Waals surface area (Å²) in [5.41, 5.74) is 9.02. The third-order valence-corrected chi connectivity index (χ3v) is 5.69. The maximum absolute atomic E-state index is 12.8. The molecule has 0 radical (unpaired) electrons. The first-order valence-corrected chi connectivity index (χ1v) is 10.2. The van der Waals surface area contributed by atoms with Gasteiger partial charge in [0.05, 0.1) is 19.6 Å². The number of likely N-dealkylation sites (N-methyl/N-ethyl adjacent to an activating group) is 1. The fraction of sp³-hybridized carbons (Fsp3) is 0.400. The third-order valence-electron chi connectivity index (χ3n) is 4.82. The normalized spacial score (nSPS) is 12.7. The maximum atomic E-state index is 12.8. The number of thiophene rings is 1. The van der Waals surface area contributed by atoms with Gasteiger partial charge in [0.1, 0.15) is 0 Å². The van der Waals surface area contributed by atoms with Crippen LogP contribution in [0.5, 0.6) is 0 Å². The highest BCUT2D eigenvalue weighted by Gasteiger charge is 2.23. The number of rotatable bonds is 7. The molecule has 0 saturated heterocycles. The number of nitrogen functional groups attached to an aromatic ring is 1. The number of fused-ring (bicyclic) bond motifs is 1. The maximum Gasteiger partial charge on any atom is 0.242 e. The van der Waals surface area contributed by atoms with E-state index in [0.717, 1.165) is 41.2 Å². The average Bonchev–Trinajstić information content (AvgIpc) is 3.19. The number of nitrogens with two attached hydrogens (primary N) is 1. The van der Waals surface area contributed by atoms with Crippen LogP contribution in [0, 0.1) is 0 Å². The minimum atomic E-state index is -0.137. The molecule has 1 aliphatic rings. The molecule has 8 heteroatoms. The van der Waals surface area contributed by atoms with Gasteiger partial charge < -0.3 is 20.9 Å². The van der Waals surface area contributed by atoms with E-state index in [9.17, 15) is 9.59 Å². The molecule has 0 atom stereocenters. The van der Waals surface area contributed by atoms with Crippen molar-refractivity contribution in [3.8, 4) is 0 Å². The Labute approximate surface area is 176 Å². The number of nitrogens with one attached hydrogen (secondary N) is 1. The highest BCUT2D eigenvalue weighted by Crippen LogP contribution is 2.31. The molecule has 2 heterocycles. The van der Waals surface area contributed by atoms with E-state index in [1.54, 1.807) is 16.2 Å². The molecule has 3 N–H and O–H groups in total. The van der Waals surface area contributed by atoms with Gasteiger partial charge in [0.25, 0.3) is 0 Å². The number of hydrogen-bond acceptors (Lipinski definition) is 5. The quantitative estimate of drug-likeness (QED) is 0.672. The lowest BCUT2D eigenvalue weighted by atomic mass is 10.00. The summed E-state index contributed by atoms with van der Waals surface area (Å²) in [7, 11) is 0. The summed E-state index contributed by atoms with van der Waals surface area (Å²) in [5.74, 6) is -0.180. The minimum Gasteiger partial charge on any atom is -0.398 e. The molecule has 6 nitrogen and oxygen atoms in total. The van der Waals surface area contributed by atoms with Crippen molar-refractivity contribution >= 4 is 46.9 Å². The van der Waals surface area contributed by atoms with Crippen molar-refractivity contribution in [2.24, 2.45) is 0 Å². The van der Waals surface area contributed by atoms with Gasteiger partial charge in [-0.1, -0.05) is 12.1 Å². The number of benzene rings is 1. The van der Waals surface area contributed by atoms with E-state index in [1.165, 1.54) is 0 Å². The predicted octanol–water partition coefficient (Wildman–Crippen LogP) is 2.67. The highest BCUT2D eigenvalue weighted by molar-refractivity contribution is 7.09. The molecule has 0 bridgehead atoms. The smallest absolute Gasteiger partial charge is 0.242 e. The molecule has 2 aromatic rings. The van der Waals surface area contributed by atoms with Crippen LogP contribution < -0.4 is 16.0 Å². The second kappa shape index (κ2) is 10.3. The number of anilines is 2. The van der Waals surface area contributed by atoms with Gasteiger partial charge in [0, 0.05) is 29.3 Å². The minimum absolute atomic E-state index is 0. The van der Waals surface area contributed by atoms with Crippen LogP contribution >= 0.6 is 23.7 Å². The Balaban J connectivity index is 0.00000280. The van der Waals surface area contributed by atoms with Crippen LogP contribution in [0.3, 0.4) is 0 Å². The van der Waals surface area contributed by atoms with E-state index in [1.807, 2.05) is 42.6 Å². The van der Waals surface area contributed by atoms with Gasteiger partial charge in [-0.2, -0.15) is 0 Å². The summed E-state index contributed by atoms with van der Waals surface area (Å²) >= 11 is 1.60. The molecule has 0 fully saturated rings. The molecule has 28 heavy (non-hydrogen) atoms. The second-order valence-corrected chi connectivity index (χ2v) is 7.67. The van der Waals surface area contributed by atoms with Crippen LogP contribution in [0.2, 0.25) is 0 Å². The lowest BCUT2D eigenvalue weighted by molar-refractivity contribution is -0.134. The molecule has 1 aliphatic heterocycles. The Hall–Kier alpha value is -2.25. The number of halogens is 1. The van der Waals surface area contributed by atoms with Crippen molar-refractivity contribution < 1.29 is 9.59 Å². The van der Waals surface area contributed by atoms with E-state index in [2.05, 4.69) is 10.2 Å². The van der Waals surface area contributed by atoms with Gasteiger partial charge in [-0.05, 0) is 48.9 Å². The Morgan fingerprint density at radius 1 is 1.29 bits per heavy atom. The predicted molar refractivity (Wildman–Crippen MR) is 117 cm³/mol. The molecular formula is C20H27ClN4O2S. The zero-order chi connectivity index (χ0) is 19.2. The number of hydrogen-bond donors (Lipinski definition) is 2. The lowest BCUT2D eigenvalue weighted by Gasteiger charge is -2.33. The molecule has 0 aliphatic carbocycles. The first kappa shape index (κ1) is 22.0. The lowest BCUT2D eigenvalue weighted by Crippen LogP contribution is -2.46. The fourth-order valence-electron chi connectivity index (χ4n) is 3.36. The molecule has 0 unspecified atom stereocenters. The van der Waals surface area contributed by atoms with E-state index in [4.69, 9.17) is 5.73 Å². The van der Waals surface area contributed by atoms with Crippen molar-refractivity contribution in [2.45, 2.75) is 26.3 Å². The monoisotopic (exact) mass is 422 g/mol. The molecule has 2 amide bonds. The van der Waals surface area contributed by atoms with Crippen LogP contribution in [-0.4, -0.2) is 42.9 Å². The van der Waals surface area contributed by atoms with E-state index in [0.29, 0.717) is 13.1 Å². The summed E-state index contributed by atoms with van der Waals surface area (Å²) in [6.07, 6.45) is 1.91. The van der Waals surface area contributed by atoms with Gasteiger partial charge in [-0.15, -0.1) is 23.7 Å². The van der Waals surface area contributed by atoms with Crippen LogP contribution in [0.4, 0.5) is 11.4 Å². The molecule has 3 rings (SSSR count).